The van der Waals surface area contributed by atoms with Gasteiger partial charge in [-0.1, -0.05) is 12.1 Å². The Kier molecular flexibility index (Phi) is 7.00. The average molecular weight is 487 g/mol. The molecule has 0 radical (unpaired) electrons. The average Bonchev–Trinajstić information content (AvgIpc) is 3.60. The van der Waals surface area contributed by atoms with E-state index < -0.39 is 35.4 Å². The molecule has 1 N–H and O–H groups in total. The first kappa shape index (κ1) is 25.6. The topological polar surface area (TPSA) is 57.6 Å². The van der Waals surface area contributed by atoms with Crippen LogP contribution in [0.4, 0.5) is 26.3 Å². The van der Waals surface area contributed by atoms with Gasteiger partial charge in [-0.05, 0) is 73.2 Å². The van der Waals surface area contributed by atoms with Gasteiger partial charge in [-0.15, -0.1) is 0 Å². The Morgan fingerprint density at radius 2 is 1.62 bits per heavy atom. The zero-order valence-electron chi connectivity index (χ0n) is 18.4. The summed E-state index contributed by atoms with van der Waals surface area (Å²) in [4.78, 5) is 25.4. The van der Waals surface area contributed by atoms with Crippen LogP contribution in [0.1, 0.15) is 54.9 Å². The minimum atomic E-state index is -4.80. The van der Waals surface area contributed by atoms with Crippen molar-refractivity contribution in [1.82, 2.24) is 4.90 Å². The molecule has 0 saturated heterocycles. The minimum Gasteiger partial charge on any atom is -0.481 e. The molecule has 4 nitrogen and oxygen atoms in total. The van der Waals surface area contributed by atoms with E-state index in [0.29, 0.717) is 12.8 Å². The van der Waals surface area contributed by atoms with Gasteiger partial charge in [0.1, 0.15) is 0 Å². The maximum absolute atomic E-state index is 13.6. The van der Waals surface area contributed by atoms with Crippen molar-refractivity contribution in [3.8, 4) is 11.1 Å². The standard InChI is InChI=1S/C24H23F6NO3/c1-3-31(21(32)14-4-5-14)12-17-11-18(23(25,26)27)6-7-20(17)16-8-15(13(2)22(33)34)9-19(10-16)24(28,29)30/h6-11,13-14H,3-5,12H2,1-2H3,(H,33,34)/t13-/m0/s1. The number of alkyl halides is 6. The number of carboxylic acid groups (broad SMARTS) is 1. The van der Waals surface area contributed by atoms with Crippen LogP contribution >= 0.6 is 0 Å². The molecule has 184 valence electrons. The summed E-state index contributed by atoms with van der Waals surface area (Å²) in [5.41, 5.74) is -2.22. The number of rotatable bonds is 7. The summed E-state index contributed by atoms with van der Waals surface area (Å²) >= 11 is 0. The summed E-state index contributed by atoms with van der Waals surface area (Å²) in [6.45, 7) is 2.90. The van der Waals surface area contributed by atoms with Crippen LogP contribution in [0.25, 0.3) is 11.1 Å². The lowest BCUT2D eigenvalue weighted by Crippen LogP contribution is -2.31. The molecule has 0 heterocycles. The number of halogens is 6. The number of carbonyl (C=O) groups excluding carboxylic acids is 1. The van der Waals surface area contributed by atoms with Crippen molar-refractivity contribution in [3.63, 3.8) is 0 Å². The van der Waals surface area contributed by atoms with Crippen molar-refractivity contribution in [2.75, 3.05) is 6.54 Å². The number of hydrogen-bond acceptors (Lipinski definition) is 2. The van der Waals surface area contributed by atoms with Crippen molar-refractivity contribution in [2.45, 2.75) is 51.5 Å². The second-order valence-electron chi connectivity index (χ2n) is 8.40. The highest BCUT2D eigenvalue weighted by atomic mass is 19.4. The highest BCUT2D eigenvalue weighted by molar-refractivity contribution is 5.82. The van der Waals surface area contributed by atoms with Gasteiger partial charge < -0.3 is 10.0 Å². The van der Waals surface area contributed by atoms with Crippen LogP contribution in [-0.2, 0) is 28.5 Å². The van der Waals surface area contributed by atoms with E-state index in [0.717, 1.165) is 30.3 Å². The molecule has 34 heavy (non-hydrogen) atoms. The van der Waals surface area contributed by atoms with E-state index in [1.54, 1.807) is 6.92 Å². The number of aliphatic carboxylic acids is 1. The second-order valence-corrected chi connectivity index (χ2v) is 8.40. The minimum absolute atomic E-state index is 0.0268. The first-order chi connectivity index (χ1) is 15.7. The molecular formula is C24H23F6NO3. The fraction of sp³-hybridized carbons (Fsp3) is 0.417. The molecule has 1 saturated carbocycles. The molecule has 10 heteroatoms. The van der Waals surface area contributed by atoms with Crippen LogP contribution in [0.2, 0.25) is 0 Å². The first-order valence-corrected chi connectivity index (χ1v) is 10.7. The Morgan fingerprint density at radius 3 is 2.12 bits per heavy atom. The Balaban J connectivity index is 2.18. The SMILES string of the molecule is CCN(Cc1cc(C(F)(F)F)ccc1-c1cc([C@H](C)C(=O)O)cc(C(F)(F)F)c1)C(=O)C1CC1. The maximum Gasteiger partial charge on any atom is 0.416 e. The molecule has 1 aliphatic carbocycles. The Labute approximate surface area is 192 Å². The van der Waals surface area contributed by atoms with Gasteiger partial charge in [-0.25, -0.2) is 0 Å². The Hall–Kier alpha value is -3.04. The number of nitrogens with zero attached hydrogens (tertiary/aromatic N) is 1. The molecule has 0 bridgehead atoms. The Bertz CT molecular complexity index is 1090. The molecule has 0 unspecified atom stereocenters. The van der Waals surface area contributed by atoms with Crippen LogP contribution in [-0.4, -0.2) is 28.4 Å². The molecule has 1 aliphatic rings. The third kappa shape index (κ3) is 5.71. The largest absolute Gasteiger partial charge is 0.481 e. The molecule has 1 fully saturated rings. The van der Waals surface area contributed by atoms with Crippen LogP contribution in [0, 0.1) is 5.92 Å². The summed E-state index contributed by atoms with van der Waals surface area (Å²) in [6, 6.07) is 5.40. The second kappa shape index (κ2) is 9.31. The van der Waals surface area contributed by atoms with Crippen LogP contribution in [0.3, 0.4) is 0 Å². The lowest BCUT2D eigenvalue weighted by molar-refractivity contribution is -0.139. The fourth-order valence-corrected chi connectivity index (χ4v) is 3.69. The van der Waals surface area contributed by atoms with E-state index >= 15 is 0 Å². The third-order valence-electron chi connectivity index (χ3n) is 5.88. The van der Waals surface area contributed by atoms with E-state index in [1.165, 1.54) is 17.9 Å². The quantitative estimate of drug-likeness (QED) is 0.464. The molecule has 1 amide bonds. The first-order valence-electron chi connectivity index (χ1n) is 10.7. The molecular weight excluding hydrogens is 464 g/mol. The van der Waals surface area contributed by atoms with E-state index in [4.69, 9.17) is 0 Å². The van der Waals surface area contributed by atoms with Gasteiger partial charge in [0.15, 0.2) is 0 Å². The molecule has 2 aromatic rings. The zero-order valence-corrected chi connectivity index (χ0v) is 18.4. The molecule has 1 atom stereocenters. The molecule has 2 aromatic carbocycles. The number of hydrogen-bond donors (Lipinski definition) is 1. The molecule has 3 rings (SSSR count). The maximum atomic E-state index is 13.6. The van der Waals surface area contributed by atoms with Gasteiger partial charge in [0.25, 0.3) is 0 Å². The normalized spacial score (nSPS) is 15.2. The van der Waals surface area contributed by atoms with Gasteiger partial charge in [-0.2, -0.15) is 26.3 Å². The predicted molar refractivity (Wildman–Crippen MR) is 112 cm³/mol. The number of benzene rings is 2. The van der Waals surface area contributed by atoms with Crippen molar-refractivity contribution < 1.29 is 41.0 Å². The smallest absolute Gasteiger partial charge is 0.416 e. The van der Waals surface area contributed by atoms with Crippen LogP contribution < -0.4 is 0 Å². The van der Waals surface area contributed by atoms with E-state index in [2.05, 4.69) is 0 Å². The third-order valence-corrected chi connectivity index (χ3v) is 5.88. The molecule has 0 aromatic heterocycles. The highest BCUT2D eigenvalue weighted by Gasteiger charge is 2.36. The van der Waals surface area contributed by atoms with Gasteiger partial charge in [0, 0.05) is 19.0 Å². The van der Waals surface area contributed by atoms with E-state index in [1.807, 2.05) is 0 Å². The number of carbonyl (C=O) groups is 2. The van der Waals surface area contributed by atoms with Gasteiger partial charge in [0.05, 0.1) is 17.0 Å². The zero-order chi connectivity index (χ0) is 25.4. The fourth-order valence-electron chi connectivity index (χ4n) is 3.69. The molecule has 0 aliphatic heterocycles. The van der Waals surface area contributed by atoms with Crippen LogP contribution in [0.15, 0.2) is 36.4 Å². The lowest BCUT2D eigenvalue weighted by atomic mass is 9.90. The monoisotopic (exact) mass is 487 g/mol. The number of amides is 1. The van der Waals surface area contributed by atoms with Gasteiger partial charge in [-0.3, -0.25) is 9.59 Å². The molecule has 0 spiro atoms. The lowest BCUT2D eigenvalue weighted by Gasteiger charge is -2.24. The summed E-state index contributed by atoms with van der Waals surface area (Å²) in [7, 11) is 0. The van der Waals surface area contributed by atoms with Crippen molar-refractivity contribution >= 4 is 11.9 Å². The van der Waals surface area contributed by atoms with Crippen LogP contribution in [0.5, 0.6) is 0 Å². The summed E-state index contributed by atoms with van der Waals surface area (Å²) in [5.74, 6) is -3.02. The van der Waals surface area contributed by atoms with E-state index in [-0.39, 0.29) is 47.2 Å². The van der Waals surface area contributed by atoms with Gasteiger partial charge >= 0.3 is 18.3 Å². The predicted octanol–water partition coefficient (Wildman–Crippen LogP) is 6.34. The van der Waals surface area contributed by atoms with E-state index in [9.17, 15) is 41.0 Å². The Morgan fingerprint density at radius 1 is 1.00 bits per heavy atom. The van der Waals surface area contributed by atoms with Crippen molar-refractivity contribution in [1.29, 1.82) is 0 Å². The highest BCUT2D eigenvalue weighted by Crippen LogP contribution is 2.39. The number of carboxylic acids is 1. The summed E-state index contributed by atoms with van der Waals surface area (Å²) in [5, 5.41) is 9.29. The summed E-state index contributed by atoms with van der Waals surface area (Å²) in [6.07, 6.45) is -8.11. The van der Waals surface area contributed by atoms with Crippen molar-refractivity contribution in [2.24, 2.45) is 5.92 Å². The summed E-state index contributed by atoms with van der Waals surface area (Å²) < 4.78 is 80.9. The van der Waals surface area contributed by atoms with Crippen molar-refractivity contribution in [3.05, 3.63) is 58.7 Å². The van der Waals surface area contributed by atoms with Gasteiger partial charge in [0.2, 0.25) is 5.91 Å².